The second-order valence-corrected chi connectivity index (χ2v) is 7.78. The van der Waals surface area contributed by atoms with E-state index in [9.17, 15) is 0 Å². The van der Waals surface area contributed by atoms with Gasteiger partial charge in [-0.25, -0.2) is 4.98 Å². The minimum absolute atomic E-state index is 0.332. The van der Waals surface area contributed by atoms with Crippen LogP contribution in [0.4, 0.5) is 5.13 Å². The molecular formula is C16H30N4S. The van der Waals surface area contributed by atoms with Crippen LogP contribution in [0.2, 0.25) is 0 Å². The molecule has 1 aromatic heterocycles. The van der Waals surface area contributed by atoms with Gasteiger partial charge in [0.05, 0.1) is 0 Å². The van der Waals surface area contributed by atoms with Crippen LogP contribution in [-0.2, 0) is 0 Å². The van der Waals surface area contributed by atoms with Gasteiger partial charge in [-0.2, -0.15) is 0 Å². The summed E-state index contributed by atoms with van der Waals surface area (Å²) in [5.74, 6) is 0. The molecule has 0 amide bonds. The van der Waals surface area contributed by atoms with Gasteiger partial charge in [-0.15, -0.1) is 11.3 Å². The summed E-state index contributed by atoms with van der Waals surface area (Å²) in [5.41, 5.74) is 0.332. The summed E-state index contributed by atoms with van der Waals surface area (Å²) in [6.45, 7) is 16.0. The van der Waals surface area contributed by atoms with Crippen LogP contribution in [0, 0.1) is 5.41 Å². The summed E-state index contributed by atoms with van der Waals surface area (Å²) in [6.07, 6.45) is 3.13. The van der Waals surface area contributed by atoms with E-state index in [0.717, 1.165) is 32.7 Å². The number of thiazole rings is 1. The Balaban J connectivity index is 1.75. The van der Waals surface area contributed by atoms with Gasteiger partial charge in [0.25, 0.3) is 0 Å². The van der Waals surface area contributed by atoms with Gasteiger partial charge in [-0.05, 0) is 24.9 Å². The Morgan fingerprint density at radius 3 is 2.52 bits per heavy atom. The highest BCUT2D eigenvalue weighted by Gasteiger charge is 2.25. The predicted molar refractivity (Wildman–Crippen MR) is 92.3 cm³/mol. The molecule has 1 aromatic rings. The van der Waals surface area contributed by atoms with Crippen molar-refractivity contribution < 1.29 is 0 Å². The van der Waals surface area contributed by atoms with Crippen LogP contribution in [0.15, 0.2) is 11.6 Å². The molecule has 1 N–H and O–H groups in total. The summed E-state index contributed by atoms with van der Waals surface area (Å²) in [6, 6.07) is 0.597. The van der Waals surface area contributed by atoms with Crippen molar-refractivity contribution in [3.63, 3.8) is 0 Å². The molecule has 1 aliphatic heterocycles. The fourth-order valence-electron chi connectivity index (χ4n) is 2.93. The second kappa shape index (κ2) is 7.56. The summed E-state index contributed by atoms with van der Waals surface area (Å²) >= 11 is 1.75. The summed E-state index contributed by atoms with van der Waals surface area (Å²) in [4.78, 5) is 9.42. The van der Waals surface area contributed by atoms with Crippen LogP contribution in [-0.4, -0.2) is 55.2 Å². The van der Waals surface area contributed by atoms with E-state index in [4.69, 9.17) is 0 Å². The molecule has 2 rings (SSSR count). The average molecular weight is 311 g/mol. The molecule has 1 saturated heterocycles. The Bertz CT molecular complexity index is 391. The lowest BCUT2D eigenvalue weighted by Gasteiger charge is -2.37. The van der Waals surface area contributed by atoms with Crippen LogP contribution < -0.4 is 10.2 Å². The van der Waals surface area contributed by atoms with Crippen molar-refractivity contribution in [1.82, 2.24) is 15.2 Å². The van der Waals surface area contributed by atoms with Crippen molar-refractivity contribution in [3.05, 3.63) is 11.6 Å². The molecule has 1 fully saturated rings. The number of nitrogens with zero attached hydrogens (tertiary/aromatic N) is 3. The molecule has 0 aromatic carbocycles. The summed E-state index contributed by atoms with van der Waals surface area (Å²) in [5, 5.41) is 6.89. The lowest BCUT2D eigenvalue weighted by molar-refractivity contribution is 0.199. The van der Waals surface area contributed by atoms with E-state index in [0.29, 0.717) is 11.5 Å². The highest BCUT2D eigenvalue weighted by atomic mass is 32.1. The first kappa shape index (κ1) is 16.7. The van der Waals surface area contributed by atoms with E-state index in [1.54, 1.807) is 11.3 Å². The van der Waals surface area contributed by atoms with Crippen molar-refractivity contribution in [1.29, 1.82) is 0 Å². The lowest BCUT2D eigenvalue weighted by atomic mass is 9.84. The number of piperazine rings is 1. The van der Waals surface area contributed by atoms with Gasteiger partial charge in [-0.3, -0.25) is 4.90 Å². The van der Waals surface area contributed by atoms with Crippen LogP contribution in [0.25, 0.3) is 0 Å². The van der Waals surface area contributed by atoms with Gasteiger partial charge in [0.2, 0.25) is 0 Å². The van der Waals surface area contributed by atoms with Crippen molar-refractivity contribution in [2.24, 2.45) is 5.41 Å². The van der Waals surface area contributed by atoms with Crippen molar-refractivity contribution in [2.45, 2.75) is 40.2 Å². The number of nitrogens with one attached hydrogen (secondary N) is 1. The maximum Gasteiger partial charge on any atom is 0.185 e. The number of aromatic nitrogens is 1. The molecule has 1 unspecified atom stereocenters. The predicted octanol–water partition coefficient (Wildman–Crippen LogP) is 2.68. The second-order valence-electron chi connectivity index (χ2n) is 6.91. The van der Waals surface area contributed by atoms with Crippen LogP contribution in [0.5, 0.6) is 0 Å². The molecule has 4 nitrogen and oxygen atoms in total. The molecule has 1 atom stereocenters. The molecule has 1 aliphatic rings. The zero-order valence-corrected chi connectivity index (χ0v) is 14.7. The Kier molecular flexibility index (Phi) is 6.02. The number of rotatable bonds is 6. The van der Waals surface area contributed by atoms with E-state index >= 15 is 0 Å². The SMILES string of the molecule is CCNC(CCN1CCN(c2nccs2)CC1)C(C)(C)C. The minimum atomic E-state index is 0.332. The smallest absolute Gasteiger partial charge is 0.185 e. The molecule has 0 radical (unpaired) electrons. The molecule has 0 spiro atoms. The largest absolute Gasteiger partial charge is 0.346 e. The molecule has 120 valence electrons. The maximum absolute atomic E-state index is 4.41. The first-order valence-electron chi connectivity index (χ1n) is 8.11. The molecular weight excluding hydrogens is 280 g/mol. The van der Waals surface area contributed by atoms with Crippen LogP contribution in [0.3, 0.4) is 0 Å². The third-order valence-corrected chi connectivity index (χ3v) is 5.12. The van der Waals surface area contributed by atoms with Crippen molar-refractivity contribution >= 4 is 16.5 Å². The fraction of sp³-hybridized carbons (Fsp3) is 0.812. The number of hydrogen-bond acceptors (Lipinski definition) is 5. The Morgan fingerprint density at radius 2 is 2.00 bits per heavy atom. The van der Waals surface area contributed by atoms with E-state index in [1.807, 2.05) is 6.20 Å². The van der Waals surface area contributed by atoms with Gasteiger partial charge in [0.1, 0.15) is 0 Å². The van der Waals surface area contributed by atoms with E-state index in [-0.39, 0.29) is 0 Å². The first-order chi connectivity index (χ1) is 10.0. The quantitative estimate of drug-likeness (QED) is 0.875. The average Bonchev–Trinajstić information content (AvgIpc) is 2.97. The molecule has 0 saturated carbocycles. The number of hydrogen-bond donors (Lipinski definition) is 1. The van der Waals surface area contributed by atoms with Gasteiger partial charge < -0.3 is 10.2 Å². The van der Waals surface area contributed by atoms with Crippen LogP contribution >= 0.6 is 11.3 Å². The third kappa shape index (κ3) is 4.94. The van der Waals surface area contributed by atoms with E-state index < -0.39 is 0 Å². The van der Waals surface area contributed by atoms with Crippen molar-refractivity contribution in [2.75, 3.05) is 44.2 Å². The lowest BCUT2D eigenvalue weighted by Crippen LogP contribution is -2.49. The first-order valence-corrected chi connectivity index (χ1v) is 8.99. The normalized spacial score (nSPS) is 19.0. The summed E-state index contributed by atoms with van der Waals surface area (Å²) < 4.78 is 0. The highest BCUT2D eigenvalue weighted by molar-refractivity contribution is 7.13. The summed E-state index contributed by atoms with van der Waals surface area (Å²) in [7, 11) is 0. The third-order valence-electron chi connectivity index (χ3n) is 4.29. The number of anilines is 1. The zero-order chi connectivity index (χ0) is 15.3. The van der Waals surface area contributed by atoms with Crippen molar-refractivity contribution in [3.8, 4) is 0 Å². The monoisotopic (exact) mass is 310 g/mol. The van der Waals surface area contributed by atoms with E-state index in [2.05, 4.69) is 53.2 Å². The molecule has 0 aliphatic carbocycles. The zero-order valence-electron chi connectivity index (χ0n) is 13.9. The standard InChI is InChI=1S/C16H30N4S/c1-5-17-14(16(2,3)4)6-8-19-9-11-20(12-10-19)15-18-7-13-21-15/h7,13-14,17H,5-6,8-12H2,1-4H3. The van der Waals surface area contributed by atoms with Crippen LogP contribution in [0.1, 0.15) is 34.1 Å². The van der Waals surface area contributed by atoms with Gasteiger partial charge >= 0.3 is 0 Å². The van der Waals surface area contributed by atoms with E-state index in [1.165, 1.54) is 18.1 Å². The van der Waals surface area contributed by atoms with Gasteiger partial charge in [-0.1, -0.05) is 27.7 Å². The maximum atomic E-state index is 4.41. The Hall–Kier alpha value is -0.650. The highest BCUT2D eigenvalue weighted by Crippen LogP contribution is 2.23. The van der Waals surface area contributed by atoms with Gasteiger partial charge in [0, 0.05) is 43.8 Å². The molecule has 5 heteroatoms. The molecule has 2 heterocycles. The minimum Gasteiger partial charge on any atom is -0.346 e. The topological polar surface area (TPSA) is 31.4 Å². The fourth-order valence-corrected chi connectivity index (χ4v) is 3.63. The molecule has 0 bridgehead atoms. The van der Waals surface area contributed by atoms with Gasteiger partial charge in [0.15, 0.2) is 5.13 Å². The Morgan fingerprint density at radius 1 is 1.29 bits per heavy atom. The Labute approximate surface area is 133 Å². The molecule has 21 heavy (non-hydrogen) atoms.